The van der Waals surface area contributed by atoms with Gasteiger partial charge < -0.3 is 10.6 Å². The molecule has 0 amide bonds. The maximum Gasteiger partial charge on any atom is 0.143 e. The molecule has 0 saturated carbocycles. The summed E-state index contributed by atoms with van der Waals surface area (Å²) < 4.78 is 1.01. The predicted octanol–water partition coefficient (Wildman–Crippen LogP) is 2.55. The Morgan fingerprint density at radius 3 is 2.82 bits per heavy atom. The van der Waals surface area contributed by atoms with E-state index in [9.17, 15) is 0 Å². The van der Waals surface area contributed by atoms with Crippen LogP contribution in [0.1, 0.15) is 19.4 Å². The second kappa shape index (κ2) is 6.00. The lowest BCUT2D eigenvalue weighted by Crippen LogP contribution is -2.35. The second-order valence-corrected chi connectivity index (χ2v) is 4.95. The maximum absolute atomic E-state index is 7.45. The van der Waals surface area contributed by atoms with Crippen LogP contribution in [0.4, 0.5) is 5.82 Å². The van der Waals surface area contributed by atoms with Crippen LogP contribution in [0.15, 0.2) is 16.7 Å². The molecule has 0 fully saturated rings. The summed E-state index contributed by atoms with van der Waals surface area (Å²) in [6, 6.07) is 1.97. The number of nitrogens with zero attached hydrogens (tertiary/aromatic N) is 2. The van der Waals surface area contributed by atoms with Gasteiger partial charge in [-0.15, -0.1) is 0 Å². The molecule has 1 atom stereocenters. The first-order valence-corrected chi connectivity index (χ1v) is 6.46. The molecule has 5 heteroatoms. The standard InChI is InChI=1S/C12H19BrN4/c1-4-17(7-9(3)11(14)15)12-10(13)8(2)5-6-16-12/h5-6,9H,4,7H2,1-3H3,(H3,14,15). The van der Waals surface area contributed by atoms with Crippen molar-refractivity contribution in [2.75, 3.05) is 18.0 Å². The van der Waals surface area contributed by atoms with Crippen molar-refractivity contribution in [3.8, 4) is 0 Å². The molecule has 3 N–H and O–H groups in total. The minimum absolute atomic E-state index is 0.0316. The Balaban J connectivity index is 2.94. The highest BCUT2D eigenvalue weighted by Gasteiger charge is 2.15. The van der Waals surface area contributed by atoms with Gasteiger partial charge in [0.1, 0.15) is 5.82 Å². The van der Waals surface area contributed by atoms with E-state index in [1.165, 1.54) is 0 Å². The van der Waals surface area contributed by atoms with E-state index in [2.05, 4.69) is 32.7 Å². The monoisotopic (exact) mass is 298 g/mol. The van der Waals surface area contributed by atoms with E-state index in [0.29, 0.717) is 6.54 Å². The Morgan fingerprint density at radius 2 is 2.29 bits per heavy atom. The van der Waals surface area contributed by atoms with E-state index in [-0.39, 0.29) is 11.8 Å². The number of pyridine rings is 1. The molecule has 1 aromatic rings. The third-order valence-electron chi connectivity index (χ3n) is 2.77. The van der Waals surface area contributed by atoms with Crippen molar-refractivity contribution < 1.29 is 0 Å². The lowest BCUT2D eigenvalue weighted by Gasteiger charge is -2.26. The Hall–Kier alpha value is -1.10. The molecule has 0 spiro atoms. The fourth-order valence-electron chi connectivity index (χ4n) is 1.54. The Morgan fingerprint density at radius 1 is 1.65 bits per heavy atom. The fraction of sp³-hybridized carbons (Fsp3) is 0.500. The third kappa shape index (κ3) is 3.43. The molecule has 0 bridgehead atoms. The summed E-state index contributed by atoms with van der Waals surface area (Å²) in [5, 5.41) is 7.45. The topological polar surface area (TPSA) is 66.0 Å². The smallest absolute Gasteiger partial charge is 0.143 e. The molecule has 0 aromatic carbocycles. The van der Waals surface area contributed by atoms with Crippen LogP contribution >= 0.6 is 15.9 Å². The molecule has 4 nitrogen and oxygen atoms in total. The van der Waals surface area contributed by atoms with Crippen molar-refractivity contribution >= 4 is 27.6 Å². The van der Waals surface area contributed by atoms with Crippen LogP contribution in [-0.4, -0.2) is 23.9 Å². The van der Waals surface area contributed by atoms with Crippen molar-refractivity contribution in [2.24, 2.45) is 11.7 Å². The molecule has 0 aliphatic heterocycles. The lowest BCUT2D eigenvalue weighted by atomic mass is 10.1. The van der Waals surface area contributed by atoms with Crippen LogP contribution in [0.2, 0.25) is 0 Å². The zero-order chi connectivity index (χ0) is 13.0. The van der Waals surface area contributed by atoms with Gasteiger partial charge in [0.25, 0.3) is 0 Å². The number of rotatable bonds is 5. The highest BCUT2D eigenvalue weighted by atomic mass is 79.9. The normalized spacial score (nSPS) is 12.2. The van der Waals surface area contributed by atoms with Gasteiger partial charge in [0.15, 0.2) is 0 Å². The van der Waals surface area contributed by atoms with Gasteiger partial charge in [0.2, 0.25) is 0 Å². The number of halogens is 1. The number of hydrogen-bond acceptors (Lipinski definition) is 3. The van der Waals surface area contributed by atoms with E-state index in [4.69, 9.17) is 11.1 Å². The van der Waals surface area contributed by atoms with Gasteiger partial charge >= 0.3 is 0 Å². The number of nitrogens with one attached hydrogen (secondary N) is 1. The zero-order valence-electron chi connectivity index (χ0n) is 10.5. The quantitative estimate of drug-likeness (QED) is 0.648. The van der Waals surface area contributed by atoms with Crippen LogP contribution < -0.4 is 10.6 Å². The second-order valence-electron chi connectivity index (χ2n) is 4.16. The summed E-state index contributed by atoms with van der Waals surface area (Å²) in [7, 11) is 0. The number of aromatic nitrogens is 1. The van der Waals surface area contributed by atoms with Crippen molar-refractivity contribution in [3.05, 3.63) is 22.3 Å². The van der Waals surface area contributed by atoms with Gasteiger partial charge in [0.05, 0.1) is 10.3 Å². The molecule has 94 valence electrons. The van der Waals surface area contributed by atoms with Crippen LogP contribution in [0.25, 0.3) is 0 Å². The average Bonchev–Trinajstić information content (AvgIpc) is 2.29. The van der Waals surface area contributed by atoms with E-state index in [1.54, 1.807) is 6.20 Å². The minimum atomic E-state index is 0.0316. The molecular weight excluding hydrogens is 280 g/mol. The molecule has 1 heterocycles. The number of nitrogens with two attached hydrogens (primary N) is 1. The SMILES string of the molecule is CCN(CC(C)C(=N)N)c1nccc(C)c1Br. The zero-order valence-corrected chi connectivity index (χ0v) is 12.1. The molecule has 0 aliphatic carbocycles. The summed E-state index contributed by atoms with van der Waals surface area (Å²) in [4.78, 5) is 6.52. The van der Waals surface area contributed by atoms with Gasteiger partial charge in [-0.05, 0) is 41.4 Å². The summed E-state index contributed by atoms with van der Waals surface area (Å²) >= 11 is 3.56. The average molecular weight is 299 g/mol. The molecule has 17 heavy (non-hydrogen) atoms. The summed E-state index contributed by atoms with van der Waals surface area (Å²) in [6.07, 6.45) is 1.80. The van der Waals surface area contributed by atoms with E-state index < -0.39 is 0 Å². The first-order chi connectivity index (χ1) is 7.97. The molecule has 0 radical (unpaired) electrons. The van der Waals surface area contributed by atoms with E-state index in [0.717, 1.165) is 22.4 Å². The predicted molar refractivity (Wildman–Crippen MR) is 75.6 cm³/mol. The summed E-state index contributed by atoms with van der Waals surface area (Å²) in [5.41, 5.74) is 6.67. The van der Waals surface area contributed by atoms with Crippen LogP contribution in [0.5, 0.6) is 0 Å². The minimum Gasteiger partial charge on any atom is -0.387 e. The molecule has 1 unspecified atom stereocenters. The van der Waals surface area contributed by atoms with Gasteiger partial charge in [-0.1, -0.05) is 6.92 Å². The van der Waals surface area contributed by atoms with Gasteiger partial charge in [-0.2, -0.15) is 0 Å². The Bertz CT molecular complexity index is 405. The molecular formula is C12H19BrN4. The fourth-order valence-corrected chi connectivity index (χ4v) is 2.03. The van der Waals surface area contributed by atoms with Gasteiger partial charge in [-0.3, -0.25) is 5.41 Å². The van der Waals surface area contributed by atoms with Gasteiger partial charge in [-0.25, -0.2) is 4.98 Å². The molecule has 1 aromatic heterocycles. The highest BCUT2D eigenvalue weighted by molar-refractivity contribution is 9.10. The third-order valence-corrected chi connectivity index (χ3v) is 3.75. The number of amidine groups is 1. The summed E-state index contributed by atoms with van der Waals surface area (Å²) in [6.45, 7) is 7.61. The van der Waals surface area contributed by atoms with Crippen LogP contribution in [0, 0.1) is 18.3 Å². The van der Waals surface area contributed by atoms with E-state index in [1.807, 2.05) is 19.9 Å². The largest absolute Gasteiger partial charge is 0.387 e. The lowest BCUT2D eigenvalue weighted by molar-refractivity contribution is 0.688. The number of anilines is 1. The summed E-state index contributed by atoms with van der Waals surface area (Å²) in [5.74, 6) is 1.16. The maximum atomic E-state index is 7.45. The first kappa shape index (κ1) is 14.0. The number of aryl methyl sites for hydroxylation is 1. The van der Waals surface area contributed by atoms with Crippen molar-refractivity contribution in [1.82, 2.24) is 4.98 Å². The number of hydrogen-bond donors (Lipinski definition) is 2. The van der Waals surface area contributed by atoms with Crippen LogP contribution in [-0.2, 0) is 0 Å². The van der Waals surface area contributed by atoms with Gasteiger partial charge in [0, 0.05) is 25.2 Å². The Labute approximate surface area is 111 Å². The Kier molecular flexibility index (Phi) is 4.93. The molecule has 1 rings (SSSR count). The van der Waals surface area contributed by atoms with Crippen molar-refractivity contribution in [2.45, 2.75) is 20.8 Å². The highest BCUT2D eigenvalue weighted by Crippen LogP contribution is 2.27. The van der Waals surface area contributed by atoms with Crippen molar-refractivity contribution in [1.29, 1.82) is 5.41 Å². The van der Waals surface area contributed by atoms with Crippen molar-refractivity contribution in [3.63, 3.8) is 0 Å². The molecule has 0 aliphatic rings. The van der Waals surface area contributed by atoms with Crippen LogP contribution in [0.3, 0.4) is 0 Å². The van der Waals surface area contributed by atoms with E-state index >= 15 is 0 Å². The first-order valence-electron chi connectivity index (χ1n) is 5.67. The molecule has 0 saturated heterocycles.